The van der Waals surface area contributed by atoms with Crippen LogP contribution in [0.5, 0.6) is 5.75 Å². The molecule has 2 aromatic carbocycles. The maximum absolute atomic E-state index is 13.3. The van der Waals surface area contributed by atoms with Crippen molar-refractivity contribution in [1.82, 2.24) is 14.9 Å². The largest absolute Gasteiger partial charge is 0.497 e. The highest BCUT2D eigenvalue weighted by atomic mass is 32.2. The van der Waals surface area contributed by atoms with Gasteiger partial charge >= 0.3 is 0 Å². The lowest BCUT2D eigenvalue weighted by atomic mass is 9.93. The van der Waals surface area contributed by atoms with Gasteiger partial charge in [-0.25, -0.2) is 8.42 Å². The molecule has 1 fully saturated rings. The van der Waals surface area contributed by atoms with E-state index in [1.165, 1.54) is 5.69 Å². The molecule has 9 nitrogen and oxygen atoms in total. The van der Waals surface area contributed by atoms with Gasteiger partial charge in [0.2, 0.25) is 5.91 Å². The first-order valence-electron chi connectivity index (χ1n) is 14.4. The Balaban J connectivity index is 1.13. The van der Waals surface area contributed by atoms with Gasteiger partial charge in [0.25, 0.3) is 10.0 Å². The molecule has 10 heteroatoms. The van der Waals surface area contributed by atoms with Crippen LogP contribution >= 0.6 is 0 Å². The lowest BCUT2D eigenvalue weighted by Gasteiger charge is -2.33. The third-order valence-corrected chi connectivity index (χ3v) is 9.75. The van der Waals surface area contributed by atoms with E-state index in [9.17, 15) is 13.2 Å². The highest BCUT2D eigenvalue weighted by Crippen LogP contribution is 2.29. The summed E-state index contributed by atoms with van der Waals surface area (Å²) in [6.45, 7) is 6.77. The molecule has 4 aromatic rings. The molecule has 3 heterocycles. The number of nitrogens with zero attached hydrogens (tertiary/aromatic N) is 3. The van der Waals surface area contributed by atoms with Crippen LogP contribution in [0.3, 0.4) is 0 Å². The molecule has 2 N–H and O–H groups in total. The number of carbonyl (C=O) groups is 1. The highest BCUT2D eigenvalue weighted by molar-refractivity contribution is 7.92. The lowest BCUT2D eigenvalue weighted by Crippen LogP contribution is -2.35. The van der Waals surface area contributed by atoms with Crippen molar-refractivity contribution >= 4 is 38.2 Å². The molecule has 0 aliphatic carbocycles. The molecule has 222 valence electrons. The van der Waals surface area contributed by atoms with Gasteiger partial charge < -0.3 is 19.5 Å². The fraction of sp³-hybridized carbons (Fsp3) is 0.375. The van der Waals surface area contributed by atoms with Gasteiger partial charge in [0.05, 0.1) is 23.2 Å². The molecular weight excluding hydrogens is 550 g/mol. The second kappa shape index (κ2) is 12.9. The molecule has 2 aromatic heterocycles. The SMILES string of the molecule is COc1cc(C)c(S(=O)(=O)Nc2ccc3ccn(CCC(=O)NCCC4CCN(c5ccncc5)CC4)c3c2)c(C)c1. The van der Waals surface area contributed by atoms with Crippen molar-refractivity contribution in [3.8, 4) is 5.75 Å². The minimum absolute atomic E-state index is 0.0217. The number of benzene rings is 2. The number of hydrogen-bond donors (Lipinski definition) is 2. The Labute approximate surface area is 247 Å². The first-order chi connectivity index (χ1) is 20.2. The minimum Gasteiger partial charge on any atom is -0.497 e. The standard InChI is InChI=1S/C32H39N5O4S/c1-23-20-29(41-3)21-24(2)32(23)42(39,40)35-27-5-4-26-11-18-37(30(26)22-27)19-12-31(38)34-15-6-25-9-16-36(17-10-25)28-7-13-33-14-8-28/h4-5,7-8,11,13-14,18,20-22,25,35H,6,9-10,12,15-17,19H2,1-3H3,(H,34,38). The van der Waals surface area contributed by atoms with E-state index in [2.05, 4.69) is 32.1 Å². The molecule has 0 bridgehead atoms. The van der Waals surface area contributed by atoms with Gasteiger partial charge in [0, 0.05) is 56.9 Å². The van der Waals surface area contributed by atoms with Crippen molar-refractivity contribution in [2.45, 2.75) is 51.0 Å². The maximum atomic E-state index is 13.3. The number of aromatic nitrogens is 2. The predicted octanol–water partition coefficient (Wildman–Crippen LogP) is 5.28. The van der Waals surface area contributed by atoms with E-state index in [1.54, 1.807) is 39.2 Å². The van der Waals surface area contributed by atoms with Crippen LogP contribution in [0.25, 0.3) is 10.9 Å². The second-order valence-corrected chi connectivity index (χ2v) is 12.6. The van der Waals surface area contributed by atoms with Crippen molar-refractivity contribution in [1.29, 1.82) is 0 Å². The summed E-state index contributed by atoms with van der Waals surface area (Å²) in [6, 6.07) is 15.0. The van der Waals surface area contributed by atoms with Gasteiger partial charge in [-0.2, -0.15) is 0 Å². The number of nitrogens with one attached hydrogen (secondary N) is 2. The van der Waals surface area contributed by atoms with Gasteiger partial charge in [0.1, 0.15) is 5.75 Å². The smallest absolute Gasteiger partial charge is 0.262 e. The molecule has 42 heavy (non-hydrogen) atoms. The normalized spacial score (nSPS) is 14.2. The monoisotopic (exact) mass is 589 g/mol. The molecule has 1 saturated heterocycles. The minimum atomic E-state index is -3.81. The molecule has 1 aliphatic rings. The Morgan fingerprint density at radius 3 is 2.43 bits per heavy atom. The molecule has 0 radical (unpaired) electrons. The zero-order valence-electron chi connectivity index (χ0n) is 24.5. The Hall–Kier alpha value is -4.05. The average molecular weight is 590 g/mol. The van der Waals surface area contributed by atoms with Crippen LogP contribution in [0, 0.1) is 19.8 Å². The number of ether oxygens (including phenoxy) is 1. The predicted molar refractivity (Wildman–Crippen MR) is 167 cm³/mol. The Morgan fingerprint density at radius 2 is 1.74 bits per heavy atom. The van der Waals surface area contributed by atoms with Crippen molar-refractivity contribution in [3.05, 3.63) is 78.2 Å². The molecule has 0 saturated carbocycles. The maximum Gasteiger partial charge on any atom is 0.262 e. The van der Waals surface area contributed by atoms with Gasteiger partial charge in [0.15, 0.2) is 0 Å². The zero-order chi connectivity index (χ0) is 29.7. The number of anilines is 2. The number of amides is 1. The van der Waals surface area contributed by atoms with Gasteiger partial charge in [-0.1, -0.05) is 6.07 Å². The van der Waals surface area contributed by atoms with E-state index in [1.807, 2.05) is 41.4 Å². The Kier molecular flexibility index (Phi) is 9.01. The summed E-state index contributed by atoms with van der Waals surface area (Å²) in [4.78, 5) is 19.4. The van der Waals surface area contributed by atoms with Crippen LogP contribution in [0.4, 0.5) is 11.4 Å². The fourth-order valence-corrected chi connectivity index (χ4v) is 7.37. The fourth-order valence-electron chi connectivity index (χ4n) is 5.86. The van der Waals surface area contributed by atoms with Crippen LogP contribution in [-0.2, 0) is 21.4 Å². The van der Waals surface area contributed by atoms with Crippen LogP contribution in [0.15, 0.2) is 72.0 Å². The summed E-state index contributed by atoms with van der Waals surface area (Å²) >= 11 is 0. The number of rotatable bonds is 11. The number of piperidine rings is 1. The van der Waals surface area contributed by atoms with E-state index < -0.39 is 10.0 Å². The molecule has 1 amide bonds. The molecule has 0 spiro atoms. The van der Waals surface area contributed by atoms with E-state index in [-0.39, 0.29) is 10.8 Å². The topological polar surface area (TPSA) is 106 Å². The quantitative estimate of drug-likeness (QED) is 0.247. The van der Waals surface area contributed by atoms with Gasteiger partial charge in [-0.3, -0.25) is 14.5 Å². The Morgan fingerprint density at radius 1 is 1.02 bits per heavy atom. The van der Waals surface area contributed by atoms with Gasteiger partial charge in [-0.15, -0.1) is 0 Å². The lowest BCUT2D eigenvalue weighted by molar-refractivity contribution is -0.121. The summed E-state index contributed by atoms with van der Waals surface area (Å²) in [6.07, 6.45) is 9.18. The molecule has 5 rings (SSSR count). The number of carbonyl (C=O) groups excluding carboxylic acids is 1. The summed E-state index contributed by atoms with van der Waals surface area (Å²) in [5.74, 6) is 1.26. The van der Waals surface area contributed by atoms with E-state index >= 15 is 0 Å². The average Bonchev–Trinajstić information content (AvgIpc) is 3.38. The summed E-state index contributed by atoms with van der Waals surface area (Å²) < 4.78 is 36.6. The van der Waals surface area contributed by atoms with Crippen LogP contribution in [0.1, 0.15) is 36.8 Å². The number of sulfonamides is 1. The number of hydrogen-bond acceptors (Lipinski definition) is 6. The zero-order valence-corrected chi connectivity index (χ0v) is 25.3. The van der Waals surface area contributed by atoms with E-state index in [0.29, 0.717) is 48.0 Å². The third kappa shape index (κ3) is 6.87. The summed E-state index contributed by atoms with van der Waals surface area (Å²) in [5.41, 5.74) is 3.79. The van der Waals surface area contributed by atoms with Crippen molar-refractivity contribution in [3.63, 3.8) is 0 Å². The molecular formula is C32H39N5O4S. The van der Waals surface area contributed by atoms with Crippen molar-refractivity contribution in [2.75, 3.05) is 36.4 Å². The highest BCUT2D eigenvalue weighted by Gasteiger charge is 2.22. The Bertz CT molecular complexity index is 1620. The molecule has 0 unspecified atom stereocenters. The van der Waals surface area contributed by atoms with Crippen LogP contribution in [0.2, 0.25) is 0 Å². The first-order valence-corrected chi connectivity index (χ1v) is 15.9. The van der Waals surface area contributed by atoms with Crippen molar-refractivity contribution < 1.29 is 17.9 Å². The molecule has 1 aliphatic heterocycles. The first kappa shape index (κ1) is 29.4. The number of fused-ring (bicyclic) bond motifs is 1. The third-order valence-electron chi connectivity index (χ3n) is 8.06. The summed E-state index contributed by atoms with van der Waals surface area (Å²) in [7, 11) is -2.25. The number of pyridine rings is 1. The van der Waals surface area contributed by atoms with Crippen LogP contribution < -0.4 is 19.7 Å². The number of methoxy groups -OCH3 is 1. The molecule has 0 atom stereocenters. The van der Waals surface area contributed by atoms with E-state index in [0.717, 1.165) is 43.3 Å². The summed E-state index contributed by atoms with van der Waals surface area (Å²) in [5, 5.41) is 4.07. The number of aryl methyl sites for hydroxylation is 3. The van der Waals surface area contributed by atoms with Crippen molar-refractivity contribution in [2.24, 2.45) is 5.92 Å². The van der Waals surface area contributed by atoms with Crippen LogP contribution in [-0.4, -0.2) is 50.6 Å². The second-order valence-electron chi connectivity index (χ2n) is 11.0. The van der Waals surface area contributed by atoms with Gasteiger partial charge in [-0.05, 0) is 98.0 Å². The van der Waals surface area contributed by atoms with E-state index in [4.69, 9.17) is 4.74 Å².